The summed E-state index contributed by atoms with van der Waals surface area (Å²) in [5.74, 6) is -2.70. The maximum atomic E-state index is 11.8. The van der Waals surface area contributed by atoms with Crippen molar-refractivity contribution in [2.24, 2.45) is 0 Å². The van der Waals surface area contributed by atoms with Crippen LogP contribution >= 0.6 is 0 Å². The molecule has 23 heavy (non-hydrogen) atoms. The van der Waals surface area contributed by atoms with Crippen LogP contribution in [0.5, 0.6) is 0 Å². The predicted octanol–water partition coefficient (Wildman–Crippen LogP) is 2.37. The number of benzene rings is 1. The van der Waals surface area contributed by atoms with Crippen molar-refractivity contribution < 1.29 is 19.1 Å². The van der Waals surface area contributed by atoms with Crippen LogP contribution in [0.1, 0.15) is 32.3 Å². The van der Waals surface area contributed by atoms with E-state index in [0.29, 0.717) is 5.69 Å². The van der Waals surface area contributed by atoms with Gasteiger partial charge in [0.05, 0.1) is 11.5 Å². The molecule has 0 unspecified atom stereocenters. The minimum Gasteiger partial charge on any atom is -0.419 e. The second-order valence-corrected chi connectivity index (χ2v) is 6.15. The van der Waals surface area contributed by atoms with Gasteiger partial charge >= 0.3 is 11.9 Å². The van der Waals surface area contributed by atoms with Crippen LogP contribution in [0.3, 0.4) is 0 Å². The Balaban J connectivity index is 1.72. The topological polar surface area (TPSA) is 88.4 Å². The highest BCUT2D eigenvalue weighted by atomic mass is 16.7. The lowest BCUT2D eigenvalue weighted by atomic mass is 9.98. The Kier molecular flexibility index (Phi) is 3.37. The molecular formula is C17H16N2O4. The maximum absolute atomic E-state index is 11.8. The quantitative estimate of drug-likeness (QED) is 0.524. The standard InChI is InChI=1S/C17H16N2O4/c1-16(2)22-14(20)13(15(21)23-16)9-19-12-5-3-11(4-6-12)17(10-18)7-8-17/h3-6,9,19H,7-8H2,1-2H3. The minimum absolute atomic E-state index is 0.191. The third-order valence-corrected chi connectivity index (χ3v) is 3.90. The fourth-order valence-electron chi connectivity index (χ4n) is 2.41. The van der Waals surface area contributed by atoms with E-state index in [1.54, 1.807) is 12.1 Å². The summed E-state index contributed by atoms with van der Waals surface area (Å²) in [5, 5.41) is 12.0. The van der Waals surface area contributed by atoms with Crippen LogP contribution in [0.4, 0.5) is 5.69 Å². The van der Waals surface area contributed by atoms with Gasteiger partial charge in [-0.3, -0.25) is 0 Å². The van der Waals surface area contributed by atoms with Crippen LogP contribution in [-0.4, -0.2) is 17.7 Å². The van der Waals surface area contributed by atoms with Crippen molar-refractivity contribution in [1.29, 1.82) is 5.26 Å². The first-order valence-corrected chi connectivity index (χ1v) is 7.30. The van der Waals surface area contributed by atoms with Gasteiger partial charge in [0.25, 0.3) is 5.79 Å². The largest absolute Gasteiger partial charge is 0.419 e. The highest BCUT2D eigenvalue weighted by molar-refractivity contribution is 6.15. The van der Waals surface area contributed by atoms with Gasteiger partial charge < -0.3 is 14.8 Å². The molecule has 1 aromatic carbocycles. The predicted molar refractivity (Wildman–Crippen MR) is 80.9 cm³/mol. The fourth-order valence-corrected chi connectivity index (χ4v) is 2.41. The number of carbonyl (C=O) groups excluding carboxylic acids is 2. The van der Waals surface area contributed by atoms with Gasteiger partial charge in [-0.1, -0.05) is 12.1 Å². The van der Waals surface area contributed by atoms with Crippen molar-refractivity contribution in [3.63, 3.8) is 0 Å². The zero-order valence-corrected chi connectivity index (χ0v) is 12.9. The average molecular weight is 312 g/mol. The lowest BCUT2D eigenvalue weighted by Gasteiger charge is -2.29. The molecule has 2 aliphatic rings. The molecule has 0 atom stereocenters. The van der Waals surface area contributed by atoms with Crippen molar-refractivity contribution in [2.75, 3.05) is 5.32 Å². The normalized spacial score (nSPS) is 20.8. The molecule has 6 nitrogen and oxygen atoms in total. The van der Waals surface area contributed by atoms with E-state index < -0.39 is 17.7 Å². The number of hydrogen-bond acceptors (Lipinski definition) is 6. The molecule has 0 amide bonds. The Bertz CT molecular complexity index is 715. The van der Waals surface area contributed by atoms with E-state index in [1.807, 2.05) is 12.1 Å². The number of rotatable bonds is 3. The number of nitriles is 1. The third-order valence-electron chi connectivity index (χ3n) is 3.90. The smallest absolute Gasteiger partial charge is 0.350 e. The summed E-state index contributed by atoms with van der Waals surface area (Å²) in [6.07, 6.45) is 3.04. The Morgan fingerprint density at radius 2 is 1.70 bits per heavy atom. The Morgan fingerprint density at radius 3 is 2.17 bits per heavy atom. The second-order valence-electron chi connectivity index (χ2n) is 6.15. The molecule has 1 aliphatic carbocycles. The summed E-state index contributed by atoms with van der Waals surface area (Å²) >= 11 is 0. The molecule has 0 radical (unpaired) electrons. The SMILES string of the molecule is CC1(C)OC(=O)C(=CNc2ccc(C3(C#N)CC3)cc2)C(=O)O1. The Labute approximate surface area is 133 Å². The van der Waals surface area contributed by atoms with E-state index in [-0.39, 0.29) is 11.0 Å². The summed E-state index contributed by atoms with van der Waals surface area (Å²) in [4.78, 5) is 23.6. The number of ether oxygens (including phenoxy) is 2. The molecule has 2 fully saturated rings. The molecule has 1 aromatic rings. The van der Waals surface area contributed by atoms with Gasteiger partial charge in [-0.2, -0.15) is 5.26 Å². The minimum atomic E-state index is -1.25. The van der Waals surface area contributed by atoms with Gasteiger partial charge in [0, 0.05) is 25.7 Å². The molecule has 0 aromatic heterocycles. The van der Waals surface area contributed by atoms with E-state index in [9.17, 15) is 14.9 Å². The number of nitrogens with one attached hydrogen (secondary N) is 1. The highest BCUT2D eigenvalue weighted by Crippen LogP contribution is 2.47. The molecule has 0 bridgehead atoms. The van der Waals surface area contributed by atoms with Crippen molar-refractivity contribution in [3.05, 3.63) is 41.6 Å². The first kappa shape index (κ1) is 15.1. The van der Waals surface area contributed by atoms with Crippen molar-refractivity contribution in [3.8, 4) is 6.07 Å². The molecule has 1 heterocycles. The fraction of sp³-hybridized carbons (Fsp3) is 0.353. The number of hydrogen-bond donors (Lipinski definition) is 1. The van der Waals surface area contributed by atoms with E-state index >= 15 is 0 Å². The van der Waals surface area contributed by atoms with E-state index in [4.69, 9.17) is 9.47 Å². The van der Waals surface area contributed by atoms with Gasteiger partial charge in [-0.25, -0.2) is 9.59 Å². The summed E-state index contributed by atoms with van der Waals surface area (Å²) in [5.41, 5.74) is 1.15. The van der Waals surface area contributed by atoms with Crippen molar-refractivity contribution in [2.45, 2.75) is 37.9 Å². The van der Waals surface area contributed by atoms with E-state index in [2.05, 4.69) is 11.4 Å². The number of esters is 2. The van der Waals surface area contributed by atoms with E-state index in [1.165, 1.54) is 20.0 Å². The highest BCUT2D eigenvalue weighted by Gasteiger charge is 2.44. The van der Waals surface area contributed by atoms with Crippen LogP contribution in [0.25, 0.3) is 0 Å². The second kappa shape index (κ2) is 5.13. The Hall–Kier alpha value is -2.81. The number of carbonyl (C=O) groups is 2. The van der Waals surface area contributed by atoms with Crippen molar-refractivity contribution >= 4 is 17.6 Å². The average Bonchev–Trinajstić information content (AvgIpc) is 3.27. The molecular weight excluding hydrogens is 296 g/mol. The van der Waals surface area contributed by atoms with Crippen LogP contribution in [0, 0.1) is 11.3 Å². The van der Waals surface area contributed by atoms with Crippen LogP contribution in [-0.2, 0) is 24.5 Å². The monoisotopic (exact) mass is 312 g/mol. The number of anilines is 1. The van der Waals surface area contributed by atoms with E-state index in [0.717, 1.165) is 18.4 Å². The van der Waals surface area contributed by atoms with Crippen LogP contribution in [0.2, 0.25) is 0 Å². The van der Waals surface area contributed by atoms with Gasteiger partial charge in [-0.05, 0) is 30.5 Å². The molecule has 1 N–H and O–H groups in total. The zero-order valence-electron chi connectivity index (χ0n) is 12.9. The summed E-state index contributed by atoms with van der Waals surface area (Å²) in [6.45, 7) is 2.99. The molecule has 0 spiro atoms. The van der Waals surface area contributed by atoms with Crippen molar-refractivity contribution in [1.82, 2.24) is 0 Å². The summed E-state index contributed by atoms with van der Waals surface area (Å²) < 4.78 is 10.0. The summed E-state index contributed by atoms with van der Waals surface area (Å²) in [7, 11) is 0. The lowest BCUT2D eigenvalue weighted by Crippen LogP contribution is -2.42. The zero-order chi connectivity index (χ0) is 16.7. The first-order valence-electron chi connectivity index (χ1n) is 7.30. The number of cyclic esters (lactones) is 2. The Morgan fingerprint density at radius 1 is 1.13 bits per heavy atom. The van der Waals surface area contributed by atoms with Gasteiger partial charge in [0.1, 0.15) is 0 Å². The number of nitrogens with zero attached hydrogens (tertiary/aromatic N) is 1. The third kappa shape index (κ3) is 2.90. The summed E-state index contributed by atoms with van der Waals surface area (Å²) in [6, 6.07) is 9.68. The molecule has 118 valence electrons. The lowest BCUT2D eigenvalue weighted by molar-refractivity contribution is -0.222. The first-order chi connectivity index (χ1) is 10.9. The van der Waals surface area contributed by atoms with Gasteiger partial charge in [0.15, 0.2) is 5.57 Å². The van der Waals surface area contributed by atoms with Gasteiger partial charge in [0.2, 0.25) is 0 Å². The maximum Gasteiger partial charge on any atom is 0.350 e. The molecule has 1 saturated heterocycles. The molecule has 1 aliphatic heterocycles. The van der Waals surface area contributed by atoms with Crippen LogP contribution in [0.15, 0.2) is 36.0 Å². The molecule has 3 rings (SSSR count). The van der Waals surface area contributed by atoms with Crippen LogP contribution < -0.4 is 5.32 Å². The molecule has 1 saturated carbocycles. The van der Waals surface area contributed by atoms with Gasteiger partial charge in [-0.15, -0.1) is 0 Å². The molecule has 6 heteroatoms.